The molecule has 0 aromatic carbocycles. The maximum atomic E-state index is 9.37. The highest BCUT2D eigenvalue weighted by Crippen LogP contribution is 2.19. The fraction of sp³-hybridized carbons (Fsp3) is 1.00. The quantitative estimate of drug-likeness (QED) is 0.632. The lowest BCUT2D eigenvalue weighted by molar-refractivity contribution is 0.0217. The molecule has 0 saturated carbocycles. The molecule has 0 radical (unpaired) electrons. The van der Waals surface area contributed by atoms with Crippen molar-refractivity contribution in [2.24, 2.45) is 0 Å². The Bertz CT molecular complexity index is 149. The molecule has 0 amide bonds. The highest BCUT2D eigenvalue weighted by Gasteiger charge is 2.26. The lowest BCUT2D eigenvalue weighted by Gasteiger charge is -2.39. The molecular weight excluding hydrogens is 192 g/mol. The first-order valence-electron chi connectivity index (χ1n) is 5.40. The molecule has 0 bridgehead atoms. The normalized spacial score (nSPS) is 16.0. The van der Waals surface area contributed by atoms with Gasteiger partial charge in [0.2, 0.25) is 0 Å². The van der Waals surface area contributed by atoms with Crippen LogP contribution in [0.15, 0.2) is 0 Å². The summed E-state index contributed by atoms with van der Waals surface area (Å²) in [7, 11) is 0. The third-order valence-electron chi connectivity index (χ3n) is 2.69. The van der Waals surface area contributed by atoms with Crippen LogP contribution in [0.3, 0.4) is 0 Å². The van der Waals surface area contributed by atoms with Crippen LogP contribution in [-0.2, 0) is 0 Å². The summed E-state index contributed by atoms with van der Waals surface area (Å²) < 4.78 is 0. The zero-order valence-electron chi connectivity index (χ0n) is 10.8. The summed E-state index contributed by atoms with van der Waals surface area (Å²) in [6.07, 6.45) is 0.311. The van der Waals surface area contributed by atoms with Crippen LogP contribution in [-0.4, -0.2) is 45.9 Å². The van der Waals surface area contributed by atoms with E-state index >= 15 is 0 Å². The van der Waals surface area contributed by atoms with Gasteiger partial charge in [-0.25, -0.2) is 0 Å². The smallest absolute Gasteiger partial charge is 0.0639 e. The number of aliphatic hydroxyl groups excluding tert-OH is 2. The van der Waals surface area contributed by atoms with Gasteiger partial charge in [0.1, 0.15) is 0 Å². The van der Waals surface area contributed by atoms with Crippen LogP contribution in [0.2, 0.25) is 0 Å². The SMILES string of the molecule is CCC(C)(C)N(CC(C)O)CC(C)O.N. The number of hydrogen-bond acceptors (Lipinski definition) is 4. The average molecular weight is 220 g/mol. The van der Waals surface area contributed by atoms with Crippen molar-refractivity contribution in [3.8, 4) is 0 Å². The van der Waals surface area contributed by atoms with E-state index in [9.17, 15) is 10.2 Å². The van der Waals surface area contributed by atoms with Crippen molar-refractivity contribution in [2.45, 2.75) is 58.8 Å². The molecule has 4 nitrogen and oxygen atoms in total. The van der Waals surface area contributed by atoms with Gasteiger partial charge in [-0.3, -0.25) is 4.90 Å². The maximum absolute atomic E-state index is 9.37. The number of hydrogen-bond donors (Lipinski definition) is 3. The van der Waals surface area contributed by atoms with E-state index in [0.717, 1.165) is 6.42 Å². The van der Waals surface area contributed by atoms with Crippen molar-refractivity contribution in [3.63, 3.8) is 0 Å². The third kappa shape index (κ3) is 6.84. The van der Waals surface area contributed by atoms with E-state index in [1.807, 2.05) is 0 Å². The Labute approximate surface area is 93.9 Å². The van der Waals surface area contributed by atoms with Crippen LogP contribution >= 0.6 is 0 Å². The molecule has 4 heteroatoms. The molecule has 0 rings (SSSR count). The summed E-state index contributed by atoms with van der Waals surface area (Å²) in [6.45, 7) is 11.2. The molecule has 0 aromatic heterocycles. The largest absolute Gasteiger partial charge is 0.392 e. The van der Waals surface area contributed by atoms with Crippen molar-refractivity contribution in [1.29, 1.82) is 0 Å². The Hall–Kier alpha value is -0.160. The molecule has 0 aromatic rings. The average Bonchev–Trinajstić information content (AvgIpc) is 2.01. The van der Waals surface area contributed by atoms with Crippen LogP contribution in [0.1, 0.15) is 41.0 Å². The van der Waals surface area contributed by atoms with E-state index in [1.165, 1.54) is 0 Å². The predicted octanol–water partition coefficient (Wildman–Crippen LogP) is 1.40. The molecular formula is C11H28N2O2. The molecule has 0 aliphatic rings. The van der Waals surface area contributed by atoms with E-state index in [0.29, 0.717) is 13.1 Å². The topological polar surface area (TPSA) is 78.7 Å². The monoisotopic (exact) mass is 220 g/mol. The van der Waals surface area contributed by atoms with Crippen LogP contribution in [0, 0.1) is 0 Å². The molecule has 0 saturated heterocycles. The summed E-state index contributed by atoms with van der Waals surface area (Å²) >= 11 is 0. The first kappa shape index (κ1) is 17.2. The molecule has 94 valence electrons. The van der Waals surface area contributed by atoms with Gasteiger partial charge >= 0.3 is 0 Å². The van der Waals surface area contributed by atoms with Gasteiger partial charge in [-0.15, -0.1) is 0 Å². The number of β-amino-alcohol motifs (C(OH)–C–C–N with tert-alkyl or cyclic N) is 2. The number of aliphatic hydroxyl groups is 2. The van der Waals surface area contributed by atoms with Crippen molar-refractivity contribution >= 4 is 0 Å². The van der Waals surface area contributed by atoms with Crippen LogP contribution in [0.4, 0.5) is 0 Å². The minimum atomic E-state index is -0.348. The van der Waals surface area contributed by atoms with Gasteiger partial charge in [0, 0.05) is 18.6 Å². The van der Waals surface area contributed by atoms with E-state index in [4.69, 9.17) is 0 Å². The van der Waals surface area contributed by atoms with Gasteiger partial charge in [0.15, 0.2) is 0 Å². The first-order valence-corrected chi connectivity index (χ1v) is 5.40. The van der Waals surface area contributed by atoms with Crippen LogP contribution in [0.25, 0.3) is 0 Å². The van der Waals surface area contributed by atoms with Gasteiger partial charge in [0.05, 0.1) is 12.2 Å². The minimum absolute atomic E-state index is 0. The zero-order chi connectivity index (χ0) is 11.4. The Morgan fingerprint density at radius 1 is 1.07 bits per heavy atom. The standard InChI is InChI=1S/C11H25NO2.H3N/c1-6-11(4,5)12(7-9(2)13)8-10(3)14;/h9-10,13-14H,6-8H2,1-5H3;1H3. The second-order valence-electron chi connectivity index (χ2n) is 4.77. The fourth-order valence-electron chi connectivity index (χ4n) is 1.43. The molecule has 0 spiro atoms. The number of nitrogens with zero attached hydrogens (tertiary/aromatic N) is 1. The van der Waals surface area contributed by atoms with Crippen LogP contribution in [0.5, 0.6) is 0 Å². The summed E-state index contributed by atoms with van der Waals surface area (Å²) in [5, 5.41) is 18.7. The third-order valence-corrected chi connectivity index (χ3v) is 2.69. The van der Waals surface area contributed by atoms with Crippen LogP contribution < -0.4 is 6.15 Å². The summed E-state index contributed by atoms with van der Waals surface area (Å²) in [6, 6.07) is 0. The Balaban J connectivity index is 0. The van der Waals surface area contributed by atoms with Gasteiger partial charge in [-0.1, -0.05) is 6.92 Å². The maximum Gasteiger partial charge on any atom is 0.0639 e. The van der Waals surface area contributed by atoms with Crippen molar-refractivity contribution in [1.82, 2.24) is 11.1 Å². The van der Waals surface area contributed by atoms with E-state index in [2.05, 4.69) is 25.7 Å². The van der Waals surface area contributed by atoms with Gasteiger partial charge < -0.3 is 16.4 Å². The lowest BCUT2D eigenvalue weighted by Crippen LogP contribution is -2.49. The van der Waals surface area contributed by atoms with Gasteiger partial charge in [-0.2, -0.15) is 0 Å². The second-order valence-corrected chi connectivity index (χ2v) is 4.77. The van der Waals surface area contributed by atoms with Crippen molar-refractivity contribution in [3.05, 3.63) is 0 Å². The number of rotatable bonds is 6. The zero-order valence-corrected chi connectivity index (χ0v) is 10.8. The first-order chi connectivity index (χ1) is 6.29. The summed E-state index contributed by atoms with van der Waals surface area (Å²) in [5.74, 6) is 0. The van der Waals surface area contributed by atoms with Gasteiger partial charge in [-0.05, 0) is 34.1 Å². The molecule has 0 aliphatic heterocycles. The van der Waals surface area contributed by atoms with Gasteiger partial charge in [0.25, 0.3) is 0 Å². The Kier molecular flexibility index (Phi) is 8.24. The molecule has 0 heterocycles. The second kappa shape index (κ2) is 7.17. The highest BCUT2D eigenvalue weighted by atomic mass is 16.3. The van der Waals surface area contributed by atoms with E-state index in [-0.39, 0.29) is 23.9 Å². The molecule has 0 aliphatic carbocycles. The van der Waals surface area contributed by atoms with E-state index in [1.54, 1.807) is 13.8 Å². The Morgan fingerprint density at radius 2 is 1.40 bits per heavy atom. The highest BCUT2D eigenvalue weighted by molar-refractivity contribution is 4.82. The minimum Gasteiger partial charge on any atom is -0.392 e. The summed E-state index contributed by atoms with van der Waals surface area (Å²) in [4.78, 5) is 2.14. The van der Waals surface area contributed by atoms with Crippen molar-refractivity contribution < 1.29 is 10.2 Å². The lowest BCUT2D eigenvalue weighted by atomic mass is 9.98. The Morgan fingerprint density at radius 3 is 1.60 bits per heavy atom. The molecule has 0 fully saturated rings. The molecule has 2 atom stereocenters. The van der Waals surface area contributed by atoms with Crippen molar-refractivity contribution in [2.75, 3.05) is 13.1 Å². The summed E-state index contributed by atoms with van der Waals surface area (Å²) in [5.41, 5.74) is 0.0357. The predicted molar refractivity (Wildman–Crippen MR) is 64.3 cm³/mol. The van der Waals surface area contributed by atoms with E-state index < -0.39 is 0 Å². The molecule has 15 heavy (non-hydrogen) atoms. The molecule has 5 N–H and O–H groups in total. The molecule has 2 unspecified atom stereocenters. The fourth-order valence-corrected chi connectivity index (χ4v) is 1.43.